The quantitative estimate of drug-likeness (QED) is 0.590. The number of aliphatic hydroxyl groups is 1. The Morgan fingerprint density at radius 1 is 1.31 bits per heavy atom. The van der Waals surface area contributed by atoms with E-state index in [1.54, 1.807) is 12.1 Å². The first-order valence-electron chi connectivity index (χ1n) is 9.23. The van der Waals surface area contributed by atoms with E-state index in [0.29, 0.717) is 19.4 Å². The summed E-state index contributed by atoms with van der Waals surface area (Å²) in [5.41, 5.74) is 0.913. The largest absolute Gasteiger partial charge is 0.461 e. The normalized spacial score (nSPS) is 23.9. The van der Waals surface area contributed by atoms with Crippen molar-refractivity contribution in [3.8, 4) is 0 Å². The van der Waals surface area contributed by atoms with Crippen molar-refractivity contribution in [3.05, 3.63) is 35.6 Å². The van der Waals surface area contributed by atoms with Crippen LogP contribution in [0, 0.1) is 11.7 Å². The first-order chi connectivity index (χ1) is 12.0. The monoisotopic (exact) mass is 382 g/mol. The number of aliphatic hydroxyl groups excluding tert-OH is 1. The van der Waals surface area contributed by atoms with Gasteiger partial charge in [-0.3, -0.25) is 0 Å². The number of hydrogen-bond donors (Lipinski definition) is 1. The van der Waals surface area contributed by atoms with Crippen LogP contribution in [0.2, 0.25) is 18.1 Å². The van der Waals surface area contributed by atoms with Crippen LogP contribution in [0.1, 0.15) is 45.1 Å². The highest BCUT2D eigenvalue weighted by molar-refractivity contribution is 6.74. The molecule has 146 valence electrons. The zero-order valence-electron chi connectivity index (χ0n) is 16.4. The van der Waals surface area contributed by atoms with Crippen LogP contribution in [0.25, 0.3) is 0 Å². The standard InChI is InChI=1S/C20H31FO4Si/c1-20(2,3)26(4,5)24-13-15-10-17(25-19(23)12-22)11-18(15)14-7-6-8-16(21)9-14/h6-9,15,17-18,22H,10-13H2,1-5H3/t15-,17+,18-/m1/s1. The molecule has 1 N–H and O–H groups in total. The van der Waals surface area contributed by atoms with Crippen LogP contribution in [0.4, 0.5) is 4.39 Å². The van der Waals surface area contributed by atoms with Gasteiger partial charge in [-0.05, 0) is 60.5 Å². The maximum absolute atomic E-state index is 13.7. The number of carbonyl (C=O) groups is 1. The third-order valence-electron chi connectivity index (χ3n) is 5.82. The molecule has 1 aliphatic rings. The minimum atomic E-state index is -1.90. The van der Waals surface area contributed by atoms with Crippen LogP contribution in [-0.4, -0.2) is 38.7 Å². The summed E-state index contributed by atoms with van der Waals surface area (Å²) in [6.07, 6.45) is 1.03. The second kappa shape index (κ2) is 8.19. The fourth-order valence-electron chi connectivity index (χ4n) is 3.25. The smallest absolute Gasteiger partial charge is 0.332 e. The van der Waals surface area contributed by atoms with Gasteiger partial charge in [0.1, 0.15) is 18.5 Å². The number of esters is 1. The highest BCUT2D eigenvalue weighted by Crippen LogP contribution is 2.43. The first kappa shape index (κ1) is 21.1. The van der Waals surface area contributed by atoms with Crippen LogP contribution < -0.4 is 0 Å². The van der Waals surface area contributed by atoms with Gasteiger partial charge >= 0.3 is 5.97 Å². The van der Waals surface area contributed by atoms with Crippen molar-refractivity contribution in [1.82, 2.24) is 0 Å². The van der Waals surface area contributed by atoms with Gasteiger partial charge in [-0.25, -0.2) is 9.18 Å². The van der Waals surface area contributed by atoms with Crippen molar-refractivity contribution < 1.29 is 23.5 Å². The van der Waals surface area contributed by atoms with E-state index in [0.717, 1.165) is 5.56 Å². The number of halogens is 1. The molecule has 4 nitrogen and oxygen atoms in total. The lowest BCUT2D eigenvalue weighted by atomic mass is 9.89. The molecule has 0 aromatic heterocycles. The summed E-state index contributed by atoms with van der Waals surface area (Å²) in [4.78, 5) is 11.5. The maximum Gasteiger partial charge on any atom is 0.332 e. The van der Waals surface area contributed by atoms with Crippen LogP contribution in [-0.2, 0) is 14.0 Å². The number of carbonyl (C=O) groups excluding carboxylic acids is 1. The van der Waals surface area contributed by atoms with Crippen molar-refractivity contribution in [2.45, 2.75) is 63.8 Å². The number of ether oxygens (including phenoxy) is 1. The lowest BCUT2D eigenvalue weighted by Gasteiger charge is -2.37. The molecule has 0 radical (unpaired) electrons. The van der Waals surface area contributed by atoms with E-state index in [4.69, 9.17) is 14.3 Å². The second-order valence-corrected chi connectivity index (χ2v) is 13.5. The molecule has 6 heteroatoms. The molecule has 0 aliphatic heterocycles. The molecule has 26 heavy (non-hydrogen) atoms. The van der Waals surface area contributed by atoms with Gasteiger partial charge in [-0.2, -0.15) is 0 Å². The van der Waals surface area contributed by atoms with Crippen molar-refractivity contribution in [2.24, 2.45) is 5.92 Å². The first-order valence-corrected chi connectivity index (χ1v) is 12.1. The van der Waals surface area contributed by atoms with E-state index < -0.39 is 20.9 Å². The molecule has 0 heterocycles. The number of benzene rings is 1. The van der Waals surface area contributed by atoms with Gasteiger partial charge in [0, 0.05) is 6.61 Å². The zero-order valence-corrected chi connectivity index (χ0v) is 17.4. The van der Waals surface area contributed by atoms with Gasteiger partial charge < -0.3 is 14.3 Å². The summed E-state index contributed by atoms with van der Waals surface area (Å²) < 4.78 is 25.4. The van der Waals surface area contributed by atoms with Gasteiger partial charge in [-0.15, -0.1) is 0 Å². The lowest BCUT2D eigenvalue weighted by molar-refractivity contribution is -0.152. The Morgan fingerprint density at radius 3 is 2.58 bits per heavy atom. The molecule has 3 atom stereocenters. The number of rotatable bonds is 6. The van der Waals surface area contributed by atoms with E-state index in [2.05, 4.69) is 33.9 Å². The van der Waals surface area contributed by atoms with Crippen LogP contribution in [0.3, 0.4) is 0 Å². The van der Waals surface area contributed by atoms with E-state index in [1.165, 1.54) is 6.07 Å². The summed E-state index contributed by atoms with van der Waals surface area (Å²) in [5.74, 6) is -0.643. The molecule has 0 amide bonds. The molecule has 0 bridgehead atoms. The molecule has 2 rings (SSSR count). The van der Waals surface area contributed by atoms with Crippen LogP contribution in [0.5, 0.6) is 0 Å². The molecule has 0 spiro atoms. The van der Waals surface area contributed by atoms with E-state index in [1.807, 2.05) is 6.07 Å². The molecule has 0 unspecified atom stereocenters. The van der Waals surface area contributed by atoms with Gasteiger partial charge in [0.2, 0.25) is 0 Å². The lowest BCUT2D eigenvalue weighted by Crippen LogP contribution is -2.42. The minimum Gasteiger partial charge on any atom is -0.461 e. The Hall–Kier alpha value is -1.24. The fourth-order valence-corrected chi connectivity index (χ4v) is 4.32. The summed E-state index contributed by atoms with van der Waals surface area (Å²) in [5, 5.41) is 9.05. The average Bonchev–Trinajstić information content (AvgIpc) is 2.94. The number of hydrogen-bond acceptors (Lipinski definition) is 4. The summed E-state index contributed by atoms with van der Waals surface area (Å²) in [6.45, 7) is 11.0. The van der Waals surface area contributed by atoms with E-state index in [9.17, 15) is 9.18 Å². The molecule has 1 aromatic carbocycles. The van der Waals surface area contributed by atoms with Crippen molar-refractivity contribution in [1.29, 1.82) is 0 Å². The minimum absolute atomic E-state index is 0.0759. The van der Waals surface area contributed by atoms with Crippen molar-refractivity contribution in [3.63, 3.8) is 0 Å². The van der Waals surface area contributed by atoms with Gasteiger partial charge in [0.05, 0.1) is 0 Å². The average molecular weight is 383 g/mol. The summed E-state index contributed by atoms with van der Waals surface area (Å²) >= 11 is 0. The maximum atomic E-state index is 13.7. The van der Waals surface area contributed by atoms with Crippen LogP contribution in [0.15, 0.2) is 24.3 Å². The third-order valence-corrected chi connectivity index (χ3v) is 10.3. The Labute approximate surface area is 156 Å². The molecule has 0 saturated heterocycles. The van der Waals surface area contributed by atoms with E-state index >= 15 is 0 Å². The van der Waals surface area contributed by atoms with E-state index in [-0.39, 0.29) is 28.8 Å². The Morgan fingerprint density at radius 2 is 2.00 bits per heavy atom. The molecular weight excluding hydrogens is 351 g/mol. The zero-order chi connectivity index (χ0) is 19.5. The fraction of sp³-hybridized carbons (Fsp3) is 0.650. The Balaban J connectivity index is 2.15. The highest BCUT2D eigenvalue weighted by Gasteiger charge is 2.41. The van der Waals surface area contributed by atoms with Gasteiger partial charge in [0.25, 0.3) is 0 Å². The van der Waals surface area contributed by atoms with Crippen LogP contribution >= 0.6 is 0 Å². The van der Waals surface area contributed by atoms with Gasteiger partial charge in [0.15, 0.2) is 8.32 Å². The molecule has 1 aliphatic carbocycles. The van der Waals surface area contributed by atoms with Crippen molar-refractivity contribution >= 4 is 14.3 Å². The molecule has 1 saturated carbocycles. The Kier molecular flexibility index (Phi) is 6.63. The predicted octanol–water partition coefficient (Wildman–Crippen LogP) is 4.25. The van der Waals surface area contributed by atoms with Crippen molar-refractivity contribution in [2.75, 3.05) is 13.2 Å². The Bertz CT molecular complexity index is 626. The highest BCUT2D eigenvalue weighted by atomic mass is 28.4. The predicted molar refractivity (Wildman–Crippen MR) is 102 cm³/mol. The third kappa shape index (κ3) is 5.15. The summed E-state index contributed by atoms with van der Waals surface area (Å²) in [7, 11) is -1.90. The van der Waals surface area contributed by atoms with Gasteiger partial charge in [-0.1, -0.05) is 32.9 Å². The molecule has 1 aromatic rings. The molecule has 1 fully saturated rings. The summed E-state index contributed by atoms with van der Waals surface area (Å²) in [6, 6.07) is 6.62. The second-order valence-electron chi connectivity index (χ2n) is 8.73. The molecular formula is C20H31FO4Si. The topological polar surface area (TPSA) is 55.8 Å². The SMILES string of the molecule is CC(C)(C)[Si](C)(C)OC[C@H]1C[C@H](OC(=O)CO)C[C@@H]1c1cccc(F)c1.